The van der Waals surface area contributed by atoms with Crippen molar-refractivity contribution in [2.45, 2.75) is 25.6 Å². The van der Waals surface area contributed by atoms with Gasteiger partial charge in [0.15, 0.2) is 0 Å². The van der Waals surface area contributed by atoms with E-state index in [2.05, 4.69) is 42.5 Å². The van der Waals surface area contributed by atoms with Gasteiger partial charge in [-0.2, -0.15) is 0 Å². The van der Waals surface area contributed by atoms with Crippen LogP contribution in [0.5, 0.6) is 5.75 Å². The van der Waals surface area contributed by atoms with Gasteiger partial charge in [-0.1, -0.05) is 60.7 Å². The number of hydrogen-bond donors (Lipinski definition) is 0. The highest BCUT2D eigenvalue weighted by atomic mass is 16.7. The Balaban J connectivity index is 2.03. The van der Waals surface area contributed by atoms with Crippen molar-refractivity contribution < 1.29 is 14.2 Å². The molecule has 3 nitrogen and oxygen atoms in total. The van der Waals surface area contributed by atoms with E-state index in [1.165, 1.54) is 0 Å². The second-order valence-corrected chi connectivity index (χ2v) is 6.48. The molecule has 134 valence electrons. The summed E-state index contributed by atoms with van der Waals surface area (Å²) >= 11 is 0. The summed E-state index contributed by atoms with van der Waals surface area (Å²) < 4.78 is 18.9. The first kappa shape index (κ1) is 17.1. The predicted molar refractivity (Wildman–Crippen MR) is 103 cm³/mol. The fourth-order valence-electron chi connectivity index (χ4n) is 3.66. The number of fused-ring (bicyclic) bond motifs is 1. The van der Waals surface area contributed by atoms with Gasteiger partial charge in [-0.15, -0.1) is 0 Å². The van der Waals surface area contributed by atoms with Gasteiger partial charge in [0.2, 0.25) is 5.79 Å². The molecule has 0 bridgehead atoms. The third-order valence-electron chi connectivity index (χ3n) is 4.82. The van der Waals surface area contributed by atoms with Gasteiger partial charge in [0.1, 0.15) is 5.75 Å². The van der Waals surface area contributed by atoms with Gasteiger partial charge in [0, 0.05) is 5.56 Å². The maximum Gasteiger partial charge on any atom is 0.226 e. The Hall–Kier alpha value is -2.36. The van der Waals surface area contributed by atoms with Crippen LogP contribution in [0.15, 0.2) is 66.7 Å². The Labute approximate surface area is 154 Å². The smallest absolute Gasteiger partial charge is 0.226 e. The molecule has 0 spiro atoms. The molecule has 0 N–H and O–H groups in total. The summed E-state index contributed by atoms with van der Waals surface area (Å²) in [5, 5.41) is 2.25. The molecule has 1 aliphatic heterocycles. The Morgan fingerprint density at radius 3 is 2.27 bits per heavy atom. The molecule has 0 unspecified atom stereocenters. The first-order valence-electron chi connectivity index (χ1n) is 9.33. The third-order valence-corrected chi connectivity index (χ3v) is 4.82. The van der Waals surface area contributed by atoms with E-state index >= 15 is 0 Å². The molecule has 1 saturated heterocycles. The highest BCUT2D eigenvalue weighted by molar-refractivity contribution is 5.89. The van der Waals surface area contributed by atoms with E-state index in [0.29, 0.717) is 19.8 Å². The molecule has 3 aromatic rings. The summed E-state index contributed by atoms with van der Waals surface area (Å²) in [4.78, 5) is 0. The summed E-state index contributed by atoms with van der Waals surface area (Å²) in [6.07, 6.45) is 1.98. The molecular weight excluding hydrogens is 324 g/mol. The van der Waals surface area contributed by atoms with E-state index in [0.717, 1.165) is 40.5 Å². The van der Waals surface area contributed by atoms with E-state index in [9.17, 15) is 0 Å². The van der Waals surface area contributed by atoms with Gasteiger partial charge >= 0.3 is 0 Å². The van der Waals surface area contributed by atoms with Crippen LogP contribution in [0, 0.1) is 0 Å². The van der Waals surface area contributed by atoms with Crippen LogP contribution in [0.4, 0.5) is 0 Å². The van der Waals surface area contributed by atoms with Crippen LogP contribution in [0.3, 0.4) is 0 Å². The van der Waals surface area contributed by atoms with Crippen molar-refractivity contribution in [1.82, 2.24) is 0 Å². The largest absolute Gasteiger partial charge is 0.493 e. The van der Waals surface area contributed by atoms with Crippen molar-refractivity contribution >= 4 is 10.8 Å². The number of ether oxygens (including phenoxy) is 3. The van der Waals surface area contributed by atoms with Gasteiger partial charge < -0.3 is 14.2 Å². The molecule has 3 aromatic carbocycles. The highest BCUT2D eigenvalue weighted by Gasteiger charge is 2.41. The van der Waals surface area contributed by atoms with Crippen LogP contribution in [-0.4, -0.2) is 19.8 Å². The lowest BCUT2D eigenvalue weighted by atomic mass is 9.91. The molecule has 0 radical (unpaired) electrons. The van der Waals surface area contributed by atoms with Crippen LogP contribution in [0.2, 0.25) is 0 Å². The third kappa shape index (κ3) is 2.98. The number of hydrogen-bond acceptors (Lipinski definition) is 3. The van der Waals surface area contributed by atoms with Crippen molar-refractivity contribution in [3.8, 4) is 5.75 Å². The van der Waals surface area contributed by atoms with E-state index < -0.39 is 5.79 Å². The normalized spacial score (nSPS) is 17.0. The van der Waals surface area contributed by atoms with Crippen LogP contribution in [-0.2, 0) is 15.3 Å². The maximum atomic E-state index is 6.46. The fourth-order valence-corrected chi connectivity index (χ4v) is 3.66. The quantitative estimate of drug-likeness (QED) is 0.643. The summed E-state index contributed by atoms with van der Waals surface area (Å²) in [6, 6.07) is 22.7. The number of rotatable bonds is 4. The Kier molecular flexibility index (Phi) is 4.91. The molecule has 0 amide bonds. The minimum atomic E-state index is -0.955. The van der Waals surface area contributed by atoms with Crippen molar-refractivity contribution in [2.24, 2.45) is 0 Å². The first-order valence-corrected chi connectivity index (χ1v) is 9.33. The molecule has 3 heteroatoms. The molecule has 1 heterocycles. The first-order chi connectivity index (χ1) is 12.8. The number of benzene rings is 3. The van der Waals surface area contributed by atoms with Gasteiger partial charge in [0.25, 0.3) is 0 Å². The van der Waals surface area contributed by atoms with E-state index in [1.54, 1.807) is 0 Å². The molecule has 0 aromatic heterocycles. The zero-order valence-corrected chi connectivity index (χ0v) is 15.1. The monoisotopic (exact) mass is 348 g/mol. The van der Waals surface area contributed by atoms with E-state index in [1.807, 2.05) is 31.2 Å². The maximum absolute atomic E-state index is 6.46. The topological polar surface area (TPSA) is 27.7 Å². The van der Waals surface area contributed by atoms with Crippen molar-refractivity contribution in [3.63, 3.8) is 0 Å². The van der Waals surface area contributed by atoms with Crippen LogP contribution >= 0.6 is 0 Å². The van der Waals surface area contributed by atoms with Crippen LogP contribution < -0.4 is 4.74 Å². The SMILES string of the molecule is CCOc1ccc2ccccc2c1C1(c2ccccc2)OCCCCO1. The second-order valence-electron chi connectivity index (χ2n) is 6.48. The standard InChI is InChI=1S/C23H24O3/c1-2-24-21-15-14-18-10-6-7-13-20(18)22(21)23(19-11-4-3-5-12-19)25-16-8-9-17-26-23/h3-7,10-15H,2,8-9,16-17H2,1H3. The van der Waals surface area contributed by atoms with Crippen molar-refractivity contribution in [3.05, 3.63) is 77.9 Å². The summed E-state index contributed by atoms with van der Waals surface area (Å²) in [5.41, 5.74) is 1.96. The van der Waals surface area contributed by atoms with Gasteiger partial charge in [-0.05, 0) is 36.6 Å². The lowest BCUT2D eigenvalue weighted by Crippen LogP contribution is -2.34. The van der Waals surface area contributed by atoms with Crippen molar-refractivity contribution in [2.75, 3.05) is 19.8 Å². The molecule has 0 aliphatic carbocycles. The minimum absolute atomic E-state index is 0.593. The molecule has 1 fully saturated rings. The lowest BCUT2D eigenvalue weighted by Gasteiger charge is -2.35. The minimum Gasteiger partial charge on any atom is -0.493 e. The average Bonchev–Trinajstić information content (AvgIpc) is 2.95. The fraction of sp³-hybridized carbons (Fsp3) is 0.304. The zero-order chi connectivity index (χ0) is 17.8. The lowest BCUT2D eigenvalue weighted by molar-refractivity contribution is -0.204. The second kappa shape index (κ2) is 7.48. The van der Waals surface area contributed by atoms with Crippen molar-refractivity contribution in [1.29, 1.82) is 0 Å². The van der Waals surface area contributed by atoms with Gasteiger partial charge in [-0.3, -0.25) is 0 Å². The predicted octanol–water partition coefficient (Wildman–Crippen LogP) is 5.27. The highest BCUT2D eigenvalue weighted by Crippen LogP contribution is 2.45. The molecule has 1 aliphatic rings. The van der Waals surface area contributed by atoms with Gasteiger partial charge in [-0.25, -0.2) is 0 Å². The summed E-state index contributed by atoms with van der Waals surface area (Å²) in [7, 11) is 0. The Bertz CT molecular complexity index is 865. The Morgan fingerprint density at radius 2 is 1.54 bits per heavy atom. The summed E-state index contributed by atoms with van der Waals surface area (Å²) in [5.74, 6) is -0.139. The van der Waals surface area contributed by atoms with Gasteiger partial charge in [0.05, 0.1) is 25.4 Å². The van der Waals surface area contributed by atoms with Crippen LogP contribution in [0.25, 0.3) is 10.8 Å². The molecule has 26 heavy (non-hydrogen) atoms. The Morgan fingerprint density at radius 1 is 0.846 bits per heavy atom. The molecule has 0 saturated carbocycles. The average molecular weight is 348 g/mol. The molecular formula is C23H24O3. The van der Waals surface area contributed by atoms with E-state index in [-0.39, 0.29) is 0 Å². The molecule has 4 rings (SSSR count). The summed E-state index contributed by atoms with van der Waals surface area (Å²) in [6.45, 7) is 3.91. The van der Waals surface area contributed by atoms with Crippen LogP contribution in [0.1, 0.15) is 30.9 Å². The molecule has 0 atom stereocenters. The van der Waals surface area contributed by atoms with E-state index in [4.69, 9.17) is 14.2 Å². The zero-order valence-electron chi connectivity index (χ0n) is 15.1.